The molecule has 3 heterocycles. The Hall–Kier alpha value is -3.21. The Morgan fingerprint density at radius 3 is 2.79 bits per heavy atom. The topological polar surface area (TPSA) is 98.5 Å². The summed E-state index contributed by atoms with van der Waals surface area (Å²) in [6.45, 7) is 8.31. The number of thioether (sulfide) groups is 1. The molecule has 7 nitrogen and oxygen atoms in total. The molecule has 0 unspecified atom stereocenters. The molecule has 0 atom stereocenters. The Morgan fingerprint density at radius 1 is 1.30 bits per heavy atom. The number of aliphatic hydroxyl groups is 1. The number of anilines is 1. The fourth-order valence-corrected chi connectivity index (χ4v) is 5.13. The van der Waals surface area contributed by atoms with Crippen LogP contribution in [-0.2, 0) is 5.75 Å². The number of pyridine rings is 1. The molecule has 0 fully saturated rings. The van der Waals surface area contributed by atoms with E-state index in [0.29, 0.717) is 45.0 Å². The molecule has 164 valence electrons. The van der Waals surface area contributed by atoms with Crippen LogP contribution < -0.4 is 5.32 Å². The van der Waals surface area contributed by atoms with E-state index in [9.17, 15) is 10.4 Å². The molecule has 0 aliphatic carbocycles. The average molecular weight is 493 g/mol. The first-order chi connectivity index (χ1) is 16.1. The molecule has 0 bridgehead atoms. The van der Waals surface area contributed by atoms with Crippen LogP contribution in [0, 0.1) is 17.9 Å². The fourth-order valence-electron chi connectivity index (χ4n) is 3.19. The van der Waals surface area contributed by atoms with Gasteiger partial charge in [-0.1, -0.05) is 41.6 Å². The number of aliphatic imine (C=N–C) groups is 1. The molecule has 0 radical (unpaired) electrons. The zero-order chi connectivity index (χ0) is 23.2. The maximum Gasteiger partial charge on any atom is 0.238 e. The van der Waals surface area contributed by atoms with Gasteiger partial charge in [-0.15, -0.1) is 11.3 Å². The summed E-state index contributed by atoms with van der Waals surface area (Å²) in [4.78, 5) is 17.3. The van der Waals surface area contributed by atoms with Gasteiger partial charge in [-0.2, -0.15) is 5.26 Å². The molecular formula is C23H17ClN6OS2. The van der Waals surface area contributed by atoms with Crippen molar-refractivity contribution in [2.45, 2.75) is 10.8 Å². The molecular weight excluding hydrogens is 476 g/mol. The van der Waals surface area contributed by atoms with E-state index in [4.69, 9.17) is 23.2 Å². The number of nitrogens with one attached hydrogen (secondary N) is 1. The van der Waals surface area contributed by atoms with Crippen molar-refractivity contribution in [1.82, 2.24) is 9.97 Å². The van der Waals surface area contributed by atoms with Crippen LogP contribution in [0.3, 0.4) is 0 Å². The van der Waals surface area contributed by atoms with E-state index >= 15 is 0 Å². The number of halogens is 1. The van der Waals surface area contributed by atoms with E-state index in [1.165, 1.54) is 23.1 Å². The lowest BCUT2D eigenvalue weighted by Gasteiger charge is -2.15. The van der Waals surface area contributed by atoms with Gasteiger partial charge < -0.3 is 10.4 Å². The highest BCUT2D eigenvalue weighted by Crippen LogP contribution is 2.38. The third kappa shape index (κ3) is 5.08. The number of aromatic nitrogens is 2. The second-order valence-corrected chi connectivity index (χ2v) is 9.06. The second-order valence-electron chi connectivity index (χ2n) is 6.81. The summed E-state index contributed by atoms with van der Waals surface area (Å²) in [7, 11) is 0. The van der Waals surface area contributed by atoms with Gasteiger partial charge in [0.05, 0.1) is 36.7 Å². The van der Waals surface area contributed by atoms with E-state index in [1.54, 1.807) is 0 Å². The van der Waals surface area contributed by atoms with Gasteiger partial charge in [0.1, 0.15) is 21.9 Å². The summed E-state index contributed by atoms with van der Waals surface area (Å²) < 4.78 is 0. The van der Waals surface area contributed by atoms with Gasteiger partial charge in [0.25, 0.3) is 0 Å². The van der Waals surface area contributed by atoms with Crippen molar-refractivity contribution in [3.63, 3.8) is 0 Å². The minimum atomic E-state index is -0.107. The Balaban J connectivity index is 1.67. The largest absolute Gasteiger partial charge is 0.395 e. The summed E-state index contributed by atoms with van der Waals surface area (Å²) in [5.74, 6) is 0.836. The number of allylic oxidation sites excluding steroid dienone is 1. The third-order valence-electron chi connectivity index (χ3n) is 4.66. The highest BCUT2D eigenvalue weighted by atomic mass is 35.5. The molecule has 4 rings (SSSR count). The van der Waals surface area contributed by atoms with Crippen LogP contribution in [0.15, 0.2) is 51.8 Å². The number of aliphatic hydroxyl groups excluding tert-OH is 1. The molecule has 2 aromatic heterocycles. The number of nitrogens with zero attached hydrogens (tertiary/aromatic N) is 5. The van der Waals surface area contributed by atoms with E-state index in [0.717, 1.165) is 16.3 Å². The molecule has 1 aliphatic heterocycles. The van der Waals surface area contributed by atoms with Gasteiger partial charge in [-0.3, -0.25) is 4.99 Å². The highest BCUT2D eigenvalue weighted by Gasteiger charge is 2.24. The molecule has 2 N–H and O–H groups in total. The monoisotopic (exact) mass is 492 g/mol. The summed E-state index contributed by atoms with van der Waals surface area (Å²) in [6, 6.07) is 9.74. The molecule has 0 spiro atoms. The lowest BCUT2D eigenvalue weighted by Crippen LogP contribution is -2.11. The van der Waals surface area contributed by atoms with E-state index < -0.39 is 0 Å². The lowest BCUT2D eigenvalue weighted by atomic mass is 10.0. The molecule has 1 aromatic carbocycles. The van der Waals surface area contributed by atoms with Crippen LogP contribution in [-0.4, -0.2) is 40.5 Å². The first kappa shape index (κ1) is 23.0. The number of nitriles is 1. The van der Waals surface area contributed by atoms with Crippen LogP contribution in [0.4, 0.5) is 11.5 Å². The van der Waals surface area contributed by atoms with Gasteiger partial charge in [0.15, 0.2) is 0 Å². The number of benzene rings is 1. The Bertz CT molecular complexity index is 1320. The van der Waals surface area contributed by atoms with Crippen molar-refractivity contribution in [1.29, 1.82) is 5.26 Å². The molecule has 33 heavy (non-hydrogen) atoms. The van der Waals surface area contributed by atoms with Crippen LogP contribution >= 0.6 is 34.7 Å². The highest BCUT2D eigenvalue weighted by molar-refractivity contribution is 7.98. The maximum atomic E-state index is 9.95. The van der Waals surface area contributed by atoms with E-state index in [2.05, 4.69) is 26.2 Å². The summed E-state index contributed by atoms with van der Waals surface area (Å²) >= 11 is 8.89. The van der Waals surface area contributed by atoms with Crippen LogP contribution in [0.25, 0.3) is 15.4 Å². The number of hydrogen-bond donors (Lipinski definition) is 2. The molecule has 0 saturated heterocycles. The summed E-state index contributed by atoms with van der Waals surface area (Å²) in [5.41, 5.74) is 3.46. The zero-order valence-corrected chi connectivity index (χ0v) is 19.6. The van der Waals surface area contributed by atoms with Gasteiger partial charge in [-0.25, -0.2) is 14.8 Å². The van der Waals surface area contributed by atoms with Gasteiger partial charge >= 0.3 is 0 Å². The lowest BCUT2D eigenvalue weighted by molar-refractivity contribution is 0.311. The van der Waals surface area contributed by atoms with Crippen molar-refractivity contribution in [3.8, 4) is 16.6 Å². The van der Waals surface area contributed by atoms with Crippen molar-refractivity contribution < 1.29 is 5.11 Å². The van der Waals surface area contributed by atoms with E-state index in [-0.39, 0.29) is 18.8 Å². The van der Waals surface area contributed by atoms with E-state index in [1.807, 2.05) is 41.8 Å². The minimum Gasteiger partial charge on any atom is -0.395 e. The summed E-state index contributed by atoms with van der Waals surface area (Å²) in [5, 5.41) is 26.2. The average Bonchev–Trinajstić information content (AvgIpc) is 3.53. The number of thiazole rings is 1. The first-order valence-electron chi connectivity index (χ1n) is 9.89. The van der Waals surface area contributed by atoms with Crippen LogP contribution in [0.2, 0.25) is 5.02 Å². The van der Waals surface area contributed by atoms with Gasteiger partial charge in [0, 0.05) is 33.8 Å². The fraction of sp³-hybridized carbons (Fsp3) is 0.174. The Kier molecular flexibility index (Phi) is 7.38. The Morgan fingerprint density at radius 2 is 2.12 bits per heavy atom. The van der Waals surface area contributed by atoms with Crippen molar-refractivity contribution in [2.75, 3.05) is 25.0 Å². The normalized spacial score (nSPS) is 12.3. The van der Waals surface area contributed by atoms with Crippen molar-refractivity contribution in [2.24, 2.45) is 4.99 Å². The SMILES string of the molecule is [C-]#[N+]c1c(NCCO)nc(SCc2csc(-c3ccc(Cl)cc3)n2)c(C#N)c1C1=NCC=C1. The predicted octanol–water partition coefficient (Wildman–Crippen LogP) is 5.34. The predicted molar refractivity (Wildman–Crippen MR) is 133 cm³/mol. The van der Waals surface area contributed by atoms with Gasteiger partial charge in [0.2, 0.25) is 5.69 Å². The number of hydrogen-bond acceptors (Lipinski definition) is 8. The molecule has 10 heteroatoms. The van der Waals surface area contributed by atoms with Crippen LogP contribution in [0.1, 0.15) is 16.8 Å². The molecule has 3 aromatic rings. The molecule has 0 amide bonds. The first-order valence-corrected chi connectivity index (χ1v) is 12.1. The molecule has 1 aliphatic rings. The van der Waals surface area contributed by atoms with Crippen molar-refractivity contribution in [3.05, 3.63) is 75.1 Å². The second kappa shape index (κ2) is 10.6. The summed E-state index contributed by atoms with van der Waals surface area (Å²) in [6.07, 6.45) is 3.69. The third-order valence-corrected chi connectivity index (χ3v) is 6.87. The quantitative estimate of drug-likeness (QED) is 0.325. The standard InChI is InChI=1S/C23H17ClN6OS2/c1-26-20-19(18-3-2-8-27-18)17(11-25)23(30-21(20)28-9-10-31)33-13-16-12-32-22(29-16)14-4-6-15(24)7-5-14/h2-7,12,31H,8-10,13H2,(H,28,30). The Labute approximate surface area is 204 Å². The smallest absolute Gasteiger partial charge is 0.238 e. The van der Waals surface area contributed by atoms with Crippen LogP contribution in [0.5, 0.6) is 0 Å². The zero-order valence-electron chi connectivity index (χ0n) is 17.2. The van der Waals surface area contributed by atoms with Crippen molar-refractivity contribution >= 4 is 51.9 Å². The minimum absolute atomic E-state index is 0.107. The maximum absolute atomic E-state index is 9.95. The van der Waals surface area contributed by atoms with Gasteiger partial charge in [-0.05, 0) is 18.2 Å². The molecule has 0 saturated carbocycles. The number of rotatable bonds is 8.